The number of oxazole rings is 1. The third kappa shape index (κ3) is 0.743. The van der Waals surface area contributed by atoms with Crippen molar-refractivity contribution in [3.8, 4) is 0 Å². The van der Waals surface area contributed by atoms with Crippen molar-refractivity contribution in [1.29, 1.82) is 0 Å². The lowest BCUT2D eigenvalue weighted by Crippen LogP contribution is -1.66. The molecule has 0 amide bonds. The Hall–Kier alpha value is -0.830. The first-order chi connectivity index (χ1) is 4.88. The molecule has 0 saturated heterocycles. The molecule has 0 fully saturated rings. The predicted octanol–water partition coefficient (Wildman–Crippen LogP) is 2.39. The fourth-order valence-corrected chi connectivity index (χ4v) is 1.24. The molecule has 49 valence electrons. The van der Waals surface area contributed by atoms with E-state index in [1.807, 2.05) is 18.2 Å². The van der Waals surface area contributed by atoms with E-state index in [-0.39, 0.29) is 0 Å². The fraction of sp³-hybridized carbons (Fsp3) is 0. The third-order valence-corrected chi connectivity index (χ3v) is 1.88. The minimum atomic E-state index is 0.752. The SMILES string of the molecule is Brc1cccc2n[c]oc12. The Bertz CT molecular complexity index is 355. The van der Waals surface area contributed by atoms with Gasteiger partial charge in [-0.15, -0.1) is 0 Å². The Morgan fingerprint density at radius 1 is 1.50 bits per heavy atom. The lowest BCUT2D eigenvalue weighted by Gasteiger charge is -1.86. The highest BCUT2D eigenvalue weighted by Crippen LogP contribution is 2.21. The summed E-state index contributed by atoms with van der Waals surface area (Å²) >= 11 is 3.32. The van der Waals surface area contributed by atoms with Crippen LogP contribution in [0.4, 0.5) is 0 Å². The van der Waals surface area contributed by atoms with Crippen molar-refractivity contribution in [2.75, 3.05) is 0 Å². The van der Waals surface area contributed by atoms with Gasteiger partial charge in [0.25, 0.3) is 6.39 Å². The molecule has 2 aromatic rings. The number of nitrogens with zero attached hydrogens (tertiary/aromatic N) is 1. The second-order valence-electron chi connectivity index (χ2n) is 1.89. The molecule has 3 heteroatoms. The fourth-order valence-electron chi connectivity index (χ4n) is 0.804. The van der Waals surface area contributed by atoms with E-state index < -0.39 is 0 Å². The first-order valence-corrected chi connectivity index (χ1v) is 3.58. The zero-order valence-corrected chi connectivity index (χ0v) is 6.55. The zero-order chi connectivity index (χ0) is 6.97. The van der Waals surface area contributed by atoms with Gasteiger partial charge in [-0.2, -0.15) is 0 Å². The minimum Gasteiger partial charge on any atom is -0.431 e. The van der Waals surface area contributed by atoms with E-state index in [0.717, 1.165) is 15.6 Å². The van der Waals surface area contributed by atoms with Crippen molar-refractivity contribution in [3.05, 3.63) is 29.1 Å². The Morgan fingerprint density at radius 2 is 2.40 bits per heavy atom. The average Bonchev–Trinajstić information content (AvgIpc) is 2.36. The van der Waals surface area contributed by atoms with Gasteiger partial charge in [0, 0.05) is 0 Å². The molecule has 1 radical (unpaired) electrons. The molecule has 0 bridgehead atoms. The van der Waals surface area contributed by atoms with Crippen molar-refractivity contribution >= 4 is 27.0 Å². The van der Waals surface area contributed by atoms with Gasteiger partial charge in [0.05, 0.1) is 4.47 Å². The van der Waals surface area contributed by atoms with Crippen molar-refractivity contribution in [2.24, 2.45) is 0 Å². The van der Waals surface area contributed by atoms with E-state index in [9.17, 15) is 0 Å². The summed E-state index contributed by atoms with van der Waals surface area (Å²) in [6, 6.07) is 5.68. The average molecular weight is 197 g/mol. The summed E-state index contributed by atoms with van der Waals surface area (Å²) in [5.41, 5.74) is 1.58. The number of hydrogen-bond acceptors (Lipinski definition) is 2. The van der Waals surface area contributed by atoms with Crippen molar-refractivity contribution in [3.63, 3.8) is 0 Å². The van der Waals surface area contributed by atoms with Crippen LogP contribution in [0, 0.1) is 6.39 Å². The molecule has 2 nitrogen and oxygen atoms in total. The molecule has 0 saturated carbocycles. The van der Waals surface area contributed by atoms with E-state index in [2.05, 4.69) is 27.3 Å². The van der Waals surface area contributed by atoms with Gasteiger partial charge in [0.15, 0.2) is 5.58 Å². The molecular weight excluding hydrogens is 194 g/mol. The van der Waals surface area contributed by atoms with E-state index >= 15 is 0 Å². The van der Waals surface area contributed by atoms with Gasteiger partial charge < -0.3 is 4.42 Å². The van der Waals surface area contributed by atoms with Crippen LogP contribution in [0.2, 0.25) is 0 Å². The zero-order valence-electron chi connectivity index (χ0n) is 4.97. The summed E-state index contributed by atoms with van der Waals surface area (Å²) in [5, 5.41) is 0. The standard InChI is InChI=1S/C7H3BrNO/c8-5-2-1-3-6-7(5)10-4-9-6/h1-3H. The first kappa shape index (κ1) is 5.92. The van der Waals surface area contributed by atoms with Gasteiger partial charge >= 0.3 is 0 Å². The van der Waals surface area contributed by atoms with Crippen LogP contribution in [0.1, 0.15) is 0 Å². The van der Waals surface area contributed by atoms with Crippen molar-refractivity contribution < 1.29 is 4.42 Å². The van der Waals surface area contributed by atoms with Gasteiger partial charge in [-0.05, 0) is 28.1 Å². The molecule has 0 aliphatic rings. The van der Waals surface area contributed by atoms with E-state index in [0.29, 0.717) is 0 Å². The molecule has 0 unspecified atom stereocenters. The summed E-state index contributed by atoms with van der Waals surface area (Å²) < 4.78 is 5.88. The van der Waals surface area contributed by atoms with E-state index in [1.54, 1.807) is 0 Å². The van der Waals surface area contributed by atoms with Gasteiger partial charge in [0.1, 0.15) is 5.52 Å². The van der Waals surface area contributed by atoms with E-state index in [4.69, 9.17) is 4.42 Å². The largest absolute Gasteiger partial charge is 0.431 e. The van der Waals surface area contributed by atoms with Crippen LogP contribution in [-0.2, 0) is 0 Å². The van der Waals surface area contributed by atoms with E-state index in [1.165, 1.54) is 0 Å². The molecule has 0 spiro atoms. The minimum absolute atomic E-state index is 0.752. The topological polar surface area (TPSA) is 26.0 Å². The van der Waals surface area contributed by atoms with Crippen molar-refractivity contribution in [1.82, 2.24) is 4.98 Å². The molecule has 1 heterocycles. The highest BCUT2D eigenvalue weighted by Gasteiger charge is 2.00. The maximum atomic E-state index is 4.97. The van der Waals surface area contributed by atoms with Crippen LogP contribution in [-0.4, -0.2) is 4.98 Å². The Kier molecular flexibility index (Phi) is 1.24. The molecule has 0 aliphatic carbocycles. The number of para-hydroxylation sites is 1. The molecule has 1 aromatic heterocycles. The number of benzene rings is 1. The van der Waals surface area contributed by atoms with Crippen LogP contribution in [0.15, 0.2) is 27.1 Å². The highest BCUT2D eigenvalue weighted by molar-refractivity contribution is 9.10. The van der Waals surface area contributed by atoms with Crippen LogP contribution in [0.5, 0.6) is 0 Å². The maximum Gasteiger partial charge on any atom is 0.284 e. The molecular formula is C7H3BrNO. The lowest BCUT2D eigenvalue weighted by molar-refractivity contribution is 0.589. The molecule has 10 heavy (non-hydrogen) atoms. The van der Waals surface area contributed by atoms with Crippen LogP contribution < -0.4 is 0 Å². The maximum absolute atomic E-state index is 4.97. The van der Waals surface area contributed by atoms with Gasteiger partial charge in [-0.3, -0.25) is 0 Å². The first-order valence-electron chi connectivity index (χ1n) is 2.79. The molecule has 0 atom stereocenters. The second-order valence-corrected chi connectivity index (χ2v) is 2.75. The Morgan fingerprint density at radius 3 is 3.20 bits per heavy atom. The number of fused-ring (bicyclic) bond motifs is 1. The summed E-state index contributed by atoms with van der Waals surface area (Å²) in [7, 11) is 0. The normalized spacial score (nSPS) is 10.5. The van der Waals surface area contributed by atoms with Gasteiger partial charge in [0.2, 0.25) is 0 Å². The van der Waals surface area contributed by atoms with Crippen LogP contribution in [0.25, 0.3) is 11.1 Å². The quantitative estimate of drug-likeness (QED) is 0.647. The summed E-state index contributed by atoms with van der Waals surface area (Å²) in [5.74, 6) is 0. The molecule has 0 aliphatic heterocycles. The van der Waals surface area contributed by atoms with Crippen molar-refractivity contribution in [2.45, 2.75) is 0 Å². The Labute approximate surface area is 66.0 Å². The second kappa shape index (κ2) is 2.09. The lowest BCUT2D eigenvalue weighted by atomic mass is 10.3. The number of hydrogen-bond donors (Lipinski definition) is 0. The number of aromatic nitrogens is 1. The summed E-state index contributed by atoms with van der Waals surface area (Å²) in [4.78, 5) is 3.86. The molecule has 0 N–H and O–H groups in total. The monoisotopic (exact) mass is 196 g/mol. The summed E-state index contributed by atoms with van der Waals surface area (Å²) in [6.07, 6.45) is 2.42. The Balaban J connectivity index is 2.95. The predicted molar refractivity (Wildman–Crippen MR) is 40.5 cm³/mol. The van der Waals surface area contributed by atoms with Crippen LogP contribution in [0.3, 0.4) is 0 Å². The number of halogens is 1. The smallest absolute Gasteiger partial charge is 0.284 e. The molecule has 2 rings (SSSR count). The van der Waals surface area contributed by atoms with Crippen LogP contribution >= 0.6 is 15.9 Å². The third-order valence-electron chi connectivity index (χ3n) is 1.26. The van der Waals surface area contributed by atoms with Gasteiger partial charge in [-0.1, -0.05) is 6.07 Å². The molecule has 1 aromatic carbocycles. The number of rotatable bonds is 0. The van der Waals surface area contributed by atoms with Gasteiger partial charge in [-0.25, -0.2) is 4.98 Å². The highest BCUT2D eigenvalue weighted by atomic mass is 79.9. The summed E-state index contributed by atoms with van der Waals surface area (Å²) in [6.45, 7) is 0.